The molecule has 1 aromatic carbocycles. The minimum atomic E-state index is 0.504. The van der Waals surface area contributed by atoms with Crippen LogP contribution in [0.3, 0.4) is 0 Å². The van der Waals surface area contributed by atoms with Gasteiger partial charge in [0.15, 0.2) is 11.5 Å². The van der Waals surface area contributed by atoms with Crippen LogP contribution in [0.2, 0.25) is 0 Å². The standard InChI is InChI=1S/C19H16N6/c1-12-3-4-16(13(2)9-12)23-19-17(14-5-7-21-8-6-14)24-18-15(10-20)11-22-25(18)19/h3-9,11,22-23H,1-2H3. The van der Waals surface area contributed by atoms with Gasteiger partial charge < -0.3 is 5.32 Å². The molecule has 0 saturated heterocycles. The highest BCUT2D eigenvalue weighted by Gasteiger charge is 2.18. The lowest BCUT2D eigenvalue weighted by Crippen LogP contribution is -1.99. The summed E-state index contributed by atoms with van der Waals surface area (Å²) in [5.41, 5.74) is 6.15. The number of H-pyrrole nitrogens is 1. The van der Waals surface area contributed by atoms with Gasteiger partial charge in [-0.15, -0.1) is 0 Å². The first-order valence-corrected chi connectivity index (χ1v) is 7.92. The highest BCUT2D eigenvalue weighted by molar-refractivity contribution is 5.81. The largest absolute Gasteiger partial charge is 0.338 e. The maximum atomic E-state index is 9.31. The van der Waals surface area contributed by atoms with E-state index in [2.05, 4.69) is 58.5 Å². The van der Waals surface area contributed by atoms with Crippen molar-refractivity contribution < 1.29 is 0 Å². The van der Waals surface area contributed by atoms with Crippen molar-refractivity contribution in [1.29, 1.82) is 5.26 Å². The summed E-state index contributed by atoms with van der Waals surface area (Å²) in [6, 6.07) is 12.2. The van der Waals surface area contributed by atoms with E-state index in [-0.39, 0.29) is 0 Å². The van der Waals surface area contributed by atoms with E-state index < -0.39 is 0 Å². The van der Waals surface area contributed by atoms with Gasteiger partial charge in [-0.1, -0.05) is 17.7 Å². The molecule has 3 heterocycles. The maximum Gasteiger partial charge on any atom is 0.173 e. The summed E-state index contributed by atoms with van der Waals surface area (Å²) in [4.78, 5) is 8.74. The number of aryl methyl sites for hydroxylation is 2. The summed E-state index contributed by atoms with van der Waals surface area (Å²) in [6.45, 7) is 4.13. The van der Waals surface area contributed by atoms with Gasteiger partial charge in [-0.2, -0.15) is 5.26 Å². The molecule has 0 spiro atoms. The van der Waals surface area contributed by atoms with Crippen LogP contribution in [0, 0.1) is 25.2 Å². The van der Waals surface area contributed by atoms with Crippen molar-refractivity contribution in [3.8, 4) is 17.3 Å². The Hall–Kier alpha value is -3.59. The summed E-state index contributed by atoms with van der Waals surface area (Å²) < 4.78 is 1.80. The molecule has 0 amide bonds. The first-order chi connectivity index (χ1) is 12.2. The maximum absolute atomic E-state index is 9.31. The number of hydrogen-bond acceptors (Lipinski definition) is 4. The minimum Gasteiger partial charge on any atom is -0.338 e. The number of anilines is 2. The molecule has 0 aliphatic heterocycles. The van der Waals surface area contributed by atoms with E-state index >= 15 is 0 Å². The third kappa shape index (κ3) is 2.52. The van der Waals surface area contributed by atoms with Crippen LogP contribution in [0.25, 0.3) is 16.9 Å². The van der Waals surface area contributed by atoms with Crippen LogP contribution < -0.4 is 5.32 Å². The van der Waals surface area contributed by atoms with Crippen LogP contribution in [-0.4, -0.2) is 19.6 Å². The van der Waals surface area contributed by atoms with Crippen LogP contribution in [-0.2, 0) is 0 Å². The molecule has 0 atom stereocenters. The second-order valence-corrected chi connectivity index (χ2v) is 5.95. The summed E-state index contributed by atoms with van der Waals surface area (Å²) in [5, 5.41) is 15.9. The number of aromatic nitrogens is 4. The second kappa shape index (κ2) is 5.80. The van der Waals surface area contributed by atoms with Crippen LogP contribution in [0.1, 0.15) is 16.7 Å². The lowest BCUT2D eigenvalue weighted by atomic mass is 10.1. The smallest absolute Gasteiger partial charge is 0.173 e. The molecule has 4 rings (SSSR count). The first kappa shape index (κ1) is 15.0. The number of nitrogens with zero attached hydrogens (tertiary/aromatic N) is 4. The Morgan fingerprint density at radius 2 is 1.96 bits per heavy atom. The predicted octanol–water partition coefficient (Wildman–Crippen LogP) is 3.96. The zero-order chi connectivity index (χ0) is 17.4. The van der Waals surface area contributed by atoms with E-state index in [1.54, 1.807) is 23.1 Å². The van der Waals surface area contributed by atoms with Crippen LogP contribution >= 0.6 is 0 Å². The third-order valence-corrected chi connectivity index (χ3v) is 4.17. The summed E-state index contributed by atoms with van der Waals surface area (Å²) in [7, 11) is 0. The molecule has 2 N–H and O–H groups in total. The number of rotatable bonds is 3. The number of benzene rings is 1. The zero-order valence-electron chi connectivity index (χ0n) is 13.9. The Bertz CT molecular complexity index is 1100. The SMILES string of the molecule is Cc1ccc(Nc2c(-c3ccncc3)nc3c(C#N)c[nH]n23)c(C)c1. The average Bonchev–Trinajstić information content (AvgIpc) is 3.17. The normalized spacial score (nSPS) is 10.8. The van der Waals surface area contributed by atoms with E-state index in [9.17, 15) is 5.26 Å². The van der Waals surface area contributed by atoms with Crippen molar-refractivity contribution in [2.24, 2.45) is 0 Å². The van der Waals surface area contributed by atoms with Gasteiger partial charge in [0.2, 0.25) is 0 Å². The lowest BCUT2D eigenvalue weighted by Gasteiger charge is -2.11. The van der Waals surface area contributed by atoms with Crippen molar-refractivity contribution in [2.45, 2.75) is 13.8 Å². The average molecular weight is 328 g/mol. The molecule has 4 aromatic rings. The fourth-order valence-corrected chi connectivity index (χ4v) is 2.91. The van der Waals surface area contributed by atoms with E-state index in [1.165, 1.54) is 5.56 Å². The number of hydrogen-bond donors (Lipinski definition) is 2. The third-order valence-electron chi connectivity index (χ3n) is 4.17. The summed E-state index contributed by atoms with van der Waals surface area (Å²) in [6.07, 6.45) is 5.12. The predicted molar refractivity (Wildman–Crippen MR) is 96.7 cm³/mol. The highest BCUT2D eigenvalue weighted by Crippen LogP contribution is 2.32. The summed E-state index contributed by atoms with van der Waals surface area (Å²) in [5.74, 6) is 0.787. The number of aromatic amines is 1. The van der Waals surface area contributed by atoms with Crippen LogP contribution in [0.15, 0.2) is 48.9 Å². The molecule has 3 aromatic heterocycles. The zero-order valence-corrected chi connectivity index (χ0v) is 13.9. The Kier molecular flexibility index (Phi) is 3.47. The molecule has 6 heteroatoms. The van der Waals surface area contributed by atoms with Gasteiger partial charge in [-0.25, -0.2) is 9.50 Å². The monoisotopic (exact) mass is 328 g/mol. The topological polar surface area (TPSA) is 81.8 Å². The van der Waals surface area contributed by atoms with Gasteiger partial charge in [-0.05, 0) is 37.6 Å². The first-order valence-electron chi connectivity index (χ1n) is 7.92. The highest BCUT2D eigenvalue weighted by atomic mass is 15.3. The van der Waals surface area contributed by atoms with Crippen LogP contribution in [0.5, 0.6) is 0 Å². The Morgan fingerprint density at radius 3 is 2.68 bits per heavy atom. The quantitative estimate of drug-likeness (QED) is 0.596. The minimum absolute atomic E-state index is 0.504. The molecule has 0 saturated carbocycles. The number of pyridine rings is 1. The van der Waals surface area contributed by atoms with Crippen molar-refractivity contribution in [2.75, 3.05) is 5.32 Å². The van der Waals surface area contributed by atoms with E-state index in [0.29, 0.717) is 11.2 Å². The van der Waals surface area contributed by atoms with E-state index in [4.69, 9.17) is 0 Å². The summed E-state index contributed by atoms with van der Waals surface area (Å²) >= 11 is 0. The van der Waals surface area contributed by atoms with E-state index in [0.717, 1.165) is 28.3 Å². The molecule has 0 unspecified atom stereocenters. The van der Waals surface area contributed by atoms with Gasteiger partial charge in [0.05, 0.1) is 0 Å². The molecule has 0 aliphatic rings. The van der Waals surface area contributed by atoms with Gasteiger partial charge in [0.25, 0.3) is 0 Å². The van der Waals surface area contributed by atoms with Crippen molar-refractivity contribution >= 4 is 17.2 Å². The molecular weight excluding hydrogens is 312 g/mol. The van der Waals surface area contributed by atoms with Gasteiger partial charge in [0, 0.05) is 29.8 Å². The molecule has 122 valence electrons. The number of imidazole rings is 1. The molecule has 0 bridgehead atoms. The molecule has 6 nitrogen and oxygen atoms in total. The van der Waals surface area contributed by atoms with Gasteiger partial charge in [0.1, 0.15) is 17.3 Å². The fourth-order valence-electron chi connectivity index (χ4n) is 2.91. The van der Waals surface area contributed by atoms with Crippen molar-refractivity contribution in [1.82, 2.24) is 19.6 Å². The van der Waals surface area contributed by atoms with Crippen molar-refractivity contribution in [3.05, 3.63) is 65.6 Å². The lowest BCUT2D eigenvalue weighted by molar-refractivity contribution is 0.979. The van der Waals surface area contributed by atoms with Crippen molar-refractivity contribution in [3.63, 3.8) is 0 Å². The Balaban J connectivity index is 1.91. The molecular formula is C19H16N6. The van der Waals surface area contributed by atoms with Gasteiger partial charge >= 0.3 is 0 Å². The number of nitriles is 1. The fraction of sp³-hybridized carbons (Fsp3) is 0.105. The molecule has 25 heavy (non-hydrogen) atoms. The molecule has 0 fully saturated rings. The van der Waals surface area contributed by atoms with E-state index in [1.807, 2.05) is 12.1 Å². The Morgan fingerprint density at radius 1 is 1.16 bits per heavy atom. The number of fused-ring (bicyclic) bond motifs is 1. The van der Waals surface area contributed by atoms with Crippen LogP contribution in [0.4, 0.5) is 11.5 Å². The second-order valence-electron chi connectivity index (χ2n) is 5.95. The number of nitrogens with one attached hydrogen (secondary N) is 2. The molecule has 0 aliphatic carbocycles. The molecule has 0 radical (unpaired) electrons. The van der Waals surface area contributed by atoms with Gasteiger partial charge in [-0.3, -0.25) is 10.1 Å². The Labute approximate surface area is 144 Å².